The summed E-state index contributed by atoms with van der Waals surface area (Å²) in [6.45, 7) is 5.32. The highest BCUT2D eigenvalue weighted by atomic mass is 16.6. The van der Waals surface area contributed by atoms with Crippen molar-refractivity contribution in [3.05, 3.63) is 42.4 Å². The van der Waals surface area contributed by atoms with Crippen molar-refractivity contribution in [1.82, 2.24) is 15.4 Å². The second-order valence-corrected chi connectivity index (χ2v) is 5.97. The molecule has 2 rings (SSSR count). The first-order chi connectivity index (χ1) is 11.8. The number of carbonyl (C=O) groups is 2. The molecule has 1 aromatic heterocycles. The third kappa shape index (κ3) is 5.74. The van der Waals surface area contributed by atoms with E-state index in [2.05, 4.69) is 15.3 Å². The lowest BCUT2D eigenvalue weighted by atomic mass is 10.2. The molecule has 2 amide bonds. The molecule has 0 aliphatic heterocycles. The molecule has 0 atom stereocenters. The predicted molar refractivity (Wildman–Crippen MR) is 90.1 cm³/mol. The lowest BCUT2D eigenvalue weighted by Crippen LogP contribution is -2.30. The van der Waals surface area contributed by atoms with E-state index in [1.54, 1.807) is 45.0 Å². The number of aromatic nitrogens is 2. The van der Waals surface area contributed by atoms with Gasteiger partial charge in [-0.25, -0.2) is 20.6 Å². The number of nitrogens with two attached hydrogens (primary N) is 1. The molecule has 0 saturated heterocycles. The summed E-state index contributed by atoms with van der Waals surface area (Å²) in [5, 5.41) is 2.61. The van der Waals surface area contributed by atoms with Gasteiger partial charge >= 0.3 is 6.09 Å². The van der Waals surface area contributed by atoms with E-state index in [1.165, 1.54) is 12.4 Å². The Morgan fingerprint density at radius 3 is 2.60 bits per heavy atom. The van der Waals surface area contributed by atoms with Gasteiger partial charge in [0.15, 0.2) is 0 Å². The highest BCUT2D eigenvalue weighted by Crippen LogP contribution is 2.23. The molecule has 2 aromatic rings. The summed E-state index contributed by atoms with van der Waals surface area (Å²) in [6.07, 6.45) is 0.608. The SMILES string of the molecule is CC(C)(C)OC(=O)Nc1cccc(Oc2cc(C(=O)NN)ncn2)c1. The van der Waals surface area contributed by atoms with Crippen molar-refractivity contribution in [3.63, 3.8) is 0 Å². The quantitative estimate of drug-likeness (QED) is 0.440. The van der Waals surface area contributed by atoms with Crippen molar-refractivity contribution < 1.29 is 19.1 Å². The number of benzene rings is 1. The van der Waals surface area contributed by atoms with Gasteiger partial charge in [0, 0.05) is 17.8 Å². The van der Waals surface area contributed by atoms with E-state index in [0.717, 1.165) is 0 Å². The van der Waals surface area contributed by atoms with Crippen LogP contribution in [0.3, 0.4) is 0 Å². The van der Waals surface area contributed by atoms with E-state index < -0.39 is 17.6 Å². The van der Waals surface area contributed by atoms with Crippen LogP contribution in [-0.4, -0.2) is 27.6 Å². The molecule has 0 fully saturated rings. The molecular weight excluding hydrogens is 326 g/mol. The van der Waals surface area contributed by atoms with Gasteiger partial charge in [-0.15, -0.1) is 0 Å². The fraction of sp³-hybridized carbons (Fsp3) is 0.250. The van der Waals surface area contributed by atoms with Crippen LogP contribution in [0.1, 0.15) is 31.3 Å². The van der Waals surface area contributed by atoms with Crippen LogP contribution in [0.25, 0.3) is 0 Å². The third-order valence-electron chi connectivity index (χ3n) is 2.71. The van der Waals surface area contributed by atoms with Gasteiger partial charge in [0.05, 0.1) is 0 Å². The first-order valence-electron chi connectivity index (χ1n) is 7.38. The molecule has 25 heavy (non-hydrogen) atoms. The van der Waals surface area contributed by atoms with E-state index in [0.29, 0.717) is 11.4 Å². The van der Waals surface area contributed by atoms with E-state index >= 15 is 0 Å². The molecule has 0 unspecified atom stereocenters. The van der Waals surface area contributed by atoms with Crippen molar-refractivity contribution in [3.8, 4) is 11.6 Å². The maximum absolute atomic E-state index is 11.8. The Labute approximate surface area is 144 Å². The molecule has 4 N–H and O–H groups in total. The summed E-state index contributed by atoms with van der Waals surface area (Å²) in [6, 6.07) is 7.98. The molecule has 0 spiro atoms. The summed E-state index contributed by atoms with van der Waals surface area (Å²) in [4.78, 5) is 31.0. The van der Waals surface area contributed by atoms with Crippen LogP contribution in [-0.2, 0) is 4.74 Å². The highest BCUT2D eigenvalue weighted by Gasteiger charge is 2.16. The smallest absolute Gasteiger partial charge is 0.412 e. The van der Waals surface area contributed by atoms with E-state index in [1.807, 2.05) is 5.43 Å². The van der Waals surface area contributed by atoms with E-state index in [4.69, 9.17) is 15.3 Å². The molecule has 9 nitrogen and oxygen atoms in total. The molecule has 1 aromatic carbocycles. The van der Waals surface area contributed by atoms with Crippen LogP contribution < -0.4 is 21.3 Å². The zero-order valence-corrected chi connectivity index (χ0v) is 14.1. The molecule has 0 bridgehead atoms. The number of hydrogen-bond donors (Lipinski definition) is 3. The summed E-state index contributed by atoms with van der Waals surface area (Å²) < 4.78 is 10.8. The molecule has 0 aliphatic carbocycles. The minimum atomic E-state index is -0.598. The monoisotopic (exact) mass is 345 g/mol. The number of carbonyl (C=O) groups excluding carboxylic acids is 2. The second-order valence-electron chi connectivity index (χ2n) is 5.97. The lowest BCUT2D eigenvalue weighted by Gasteiger charge is -2.19. The largest absolute Gasteiger partial charge is 0.444 e. The maximum Gasteiger partial charge on any atom is 0.412 e. The predicted octanol–water partition coefficient (Wildman–Crippen LogP) is 2.22. The van der Waals surface area contributed by atoms with Gasteiger partial charge in [0.25, 0.3) is 5.91 Å². The van der Waals surface area contributed by atoms with Crippen LogP contribution in [0, 0.1) is 0 Å². The molecule has 0 aliphatic rings. The standard InChI is InChI=1S/C16H19N5O4/c1-16(2,3)25-15(23)20-10-5-4-6-11(7-10)24-13-8-12(14(22)21-17)18-9-19-13/h4-9H,17H2,1-3H3,(H,20,23)(H,21,22). The molecule has 9 heteroatoms. The van der Waals surface area contributed by atoms with Gasteiger partial charge in [-0.1, -0.05) is 6.07 Å². The normalized spacial score (nSPS) is 10.7. The van der Waals surface area contributed by atoms with Crippen LogP contribution in [0.15, 0.2) is 36.7 Å². The first-order valence-corrected chi connectivity index (χ1v) is 7.38. The number of ether oxygens (including phenoxy) is 2. The van der Waals surface area contributed by atoms with Crippen molar-refractivity contribution in [1.29, 1.82) is 0 Å². The summed E-state index contributed by atoms with van der Waals surface area (Å²) in [5.74, 6) is 5.07. The Morgan fingerprint density at radius 1 is 1.16 bits per heavy atom. The average molecular weight is 345 g/mol. The van der Waals surface area contributed by atoms with Gasteiger partial charge < -0.3 is 9.47 Å². The Morgan fingerprint density at radius 2 is 1.92 bits per heavy atom. The van der Waals surface area contributed by atoms with Gasteiger partial charge in [-0.2, -0.15) is 0 Å². The van der Waals surface area contributed by atoms with E-state index in [9.17, 15) is 9.59 Å². The number of hydrogen-bond acceptors (Lipinski definition) is 7. The minimum absolute atomic E-state index is 0.0653. The van der Waals surface area contributed by atoms with Crippen LogP contribution in [0.5, 0.6) is 11.6 Å². The third-order valence-corrected chi connectivity index (χ3v) is 2.71. The van der Waals surface area contributed by atoms with Gasteiger partial charge in [-0.05, 0) is 32.9 Å². The molecule has 0 saturated carbocycles. The number of nitrogens with zero attached hydrogens (tertiary/aromatic N) is 2. The number of rotatable bonds is 4. The van der Waals surface area contributed by atoms with Crippen molar-refractivity contribution >= 4 is 17.7 Å². The van der Waals surface area contributed by atoms with Crippen LogP contribution >= 0.6 is 0 Å². The summed E-state index contributed by atoms with van der Waals surface area (Å²) in [7, 11) is 0. The Balaban J connectivity index is 2.09. The lowest BCUT2D eigenvalue weighted by molar-refractivity contribution is 0.0635. The summed E-state index contributed by atoms with van der Waals surface area (Å²) >= 11 is 0. The molecule has 0 radical (unpaired) electrons. The van der Waals surface area contributed by atoms with Crippen LogP contribution in [0.4, 0.5) is 10.5 Å². The zero-order chi connectivity index (χ0) is 18.4. The van der Waals surface area contributed by atoms with Crippen molar-refractivity contribution in [2.75, 3.05) is 5.32 Å². The Hall–Kier alpha value is -3.20. The number of amides is 2. The number of anilines is 1. The first kappa shape index (κ1) is 18.1. The average Bonchev–Trinajstić information content (AvgIpc) is 2.52. The highest BCUT2D eigenvalue weighted by molar-refractivity contribution is 5.91. The van der Waals surface area contributed by atoms with Gasteiger partial charge in [0.2, 0.25) is 5.88 Å². The fourth-order valence-corrected chi connectivity index (χ4v) is 1.77. The van der Waals surface area contributed by atoms with Crippen LogP contribution in [0.2, 0.25) is 0 Å². The number of nitrogens with one attached hydrogen (secondary N) is 2. The van der Waals surface area contributed by atoms with Gasteiger partial charge in [0.1, 0.15) is 23.4 Å². The molecular formula is C16H19N5O4. The minimum Gasteiger partial charge on any atom is -0.444 e. The topological polar surface area (TPSA) is 128 Å². The Bertz CT molecular complexity index is 773. The fourth-order valence-electron chi connectivity index (χ4n) is 1.77. The number of nitrogen functional groups attached to an aromatic ring is 1. The van der Waals surface area contributed by atoms with Crippen molar-refractivity contribution in [2.45, 2.75) is 26.4 Å². The zero-order valence-electron chi connectivity index (χ0n) is 14.1. The second kappa shape index (κ2) is 7.58. The summed E-state index contributed by atoms with van der Waals surface area (Å²) in [5.41, 5.74) is 1.93. The maximum atomic E-state index is 11.8. The Kier molecular flexibility index (Phi) is 5.50. The van der Waals surface area contributed by atoms with Crippen molar-refractivity contribution in [2.24, 2.45) is 5.84 Å². The van der Waals surface area contributed by atoms with Gasteiger partial charge in [-0.3, -0.25) is 15.5 Å². The van der Waals surface area contributed by atoms with E-state index in [-0.39, 0.29) is 11.6 Å². The number of hydrazine groups is 1. The molecule has 132 valence electrons. The molecule has 1 heterocycles.